The molecule has 85 heavy (non-hydrogen) atoms. The number of phosphoric acid groups is 2. The van der Waals surface area contributed by atoms with Crippen LogP contribution in [0.2, 0.25) is 0 Å². The Morgan fingerprint density at radius 1 is 0.329 bits per heavy atom. The Morgan fingerprint density at radius 3 is 0.835 bits per heavy atom. The highest BCUT2D eigenvalue weighted by molar-refractivity contribution is 7.47. The molecule has 0 aromatic rings. The summed E-state index contributed by atoms with van der Waals surface area (Å²) in [5.74, 6) is -0.551. The van der Waals surface area contributed by atoms with Gasteiger partial charge in [0.2, 0.25) is 0 Å². The van der Waals surface area contributed by atoms with Crippen LogP contribution in [0.25, 0.3) is 0 Å². The van der Waals surface area contributed by atoms with E-state index >= 15 is 0 Å². The molecule has 0 aliphatic rings. The van der Waals surface area contributed by atoms with Crippen LogP contribution in [0.4, 0.5) is 0 Å². The summed E-state index contributed by atoms with van der Waals surface area (Å²) in [4.78, 5) is 72.3. The maximum Gasteiger partial charge on any atom is 0.472 e. The normalized spacial score (nSPS) is 14.9. The van der Waals surface area contributed by atoms with E-state index in [9.17, 15) is 43.2 Å². The molecule has 0 bridgehead atoms. The lowest BCUT2D eigenvalue weighted by Crippen LogP contribution is -2.30. The van der Waals surface area contributed by atoms with Crippen LogP contribution in [0.15, 0.2) is 0 Å². The molecule has 0 heterocycles. The van der Waals surface area contributed by atoms with Crippen molar-refractivity contribution in [3.05, 3.63) is 0 Å². The zero-order chi connectivity index (χ0) is 62.9. The van der Waals surface area contributed by atoms with Crippen molar-refractivity contribution in [3.8, 4) is 0 Å². The van der Waals surface area contributed by atoms with Crippen LogP contribution in [0.5, 0.6) is 0 Å². The number of phosphoric ester groups is 2. The van der Waals surface area contributed by atoms with E-state index in [0.717, 1.165) is 102 Å². The van der Waals surface area contributed by atoms with Crippen molar-refractivity contribution in [2.24, 2.45) is 11.8 Å². The summed E-state index contributed by atoms with van der Waals surface area (Å²) in [6, 6.07) is 0. The zero-order valence-electron chi connectivity index (χ0n) is 54.9. The van der Waals surface area contributed by atoms with Gasteiger partial charge in [-0.05, 0) is 37.5 Å². The number of carbonyl (C=O) groups excluding carboxylic acids is 4. The Hall–Kier alpha value is -1.94. The van der Waals surface area contributed by atoms with Gasteiger partial charge in [0.1, 0.15) is 19.3 Å². The molecule has 0 aromatic carbocycles. The van der Waals surface area contributed by atoms with Gasteiger partial charge in [-0.2, -0.15) is 0 Å². The second kappa shape index (κ2) is 58.4. The number of ether oxygens (including phenoxy) is 4. The molecule has 0 aromatic heterocycles. The molecule has 0 saturated carbocycles. The quantitative estimate of drug-likeness (QED) is 0.0222. The maximum absolute atomic E-state index is 13.0. The second-order valence-electron chi connectivity index (χ2n) is 24.3. The topological polar surface area (TPSA) is 237 Å². The van der Waals surface area contributed by atoms with E-state index in [4.69, 9.17) is 37.0 Å². The van der Waals surface area contributed by atoms with Crippen molar-refractivity contribution >= 4 is 39.5 Å². The van der Waals surface area contributed by atoms with Crippen molar-refractivity contribution in [1.82, 2.24) is 0 Å². The molecule has 0 aliphatic heterocycles. The number of rotatable bonds is 65. The minimum atomic E-state index is -4.95. The lowest BCUT2D eigenvalue weighted by Gasteiger charge is -2.21. The molecule has 0 aliphatic carbocycles. The highest BCUT2D eigenvalue weighted by Gasteiger charge is 2.30. The van der Waals surface area contributed by atoms with Gasteiger partial charge in [0.05, 0.1) is 26.4 Å². The summed E-state index contributed by atoms with van der Waals surface area (Å²) in [5, 5.41) is 10.5. The van der Waals surface area contributed by atoms with Gasteiger partial charge >= 0.3 is 39.5 Å². The number of unbranched alkanes of at least 4 members (excludes halogenated alkanes) is 33. The molecule has 0 radical (unpaired) electrons. The van der Waals surface area contributed by atoms with Crippen LogP contribution in [-0.4, -0.2) is 96.7 Å². The molecule has 0 saturated heterocycles. The van der Waals surface area contributed by atoms with E-state index in [2.05, 4.69) is 41.5 Å². The first-order chi connectivity index (χ1) is 40.9. The van der Waals surface area contributed by atoms with Crippen molar-refractivity contribution in [3.63, 3.8) is 0 Å². The monoisotopic (exact) mass is 1250 g/mol. The highest BCUT2D eigenvalue weighted by Crippen LogP contribution is 2.45. The lowest BCUT2D eigenvalue weighted by molar-refractivity contribution is -0.161. The van der Waals surface area contributed by atoms with Crippen molar-refractivity contribution < 1.29 is 80.2 Å². The number of hydrogen-bond donors (Lipinski definition) is 3. The highest BCUT2D eigenvalue weighted by atomic mass is 31.2. The Bertz CT molecular complexity index is 1670. The number of hydrogen-bond acceptors (Lipinski definition) is 15. The Morgan fingerprint density at radius 2 is 0.565 bits per heavy atom. The molecule has 19 heteroatoms. The first kappa shape index (κ1) is 83.1. The molecule has 0 rings (SSSR count). The summed E-state index contributed by atoms with van der Waals surface area (Å²) >= 11 is 0. The summed E-state index contributed by atoms with van der Waals surface area (Å²) < 4.78 is 68.1. The van der Waals surface area contributed by atoms with Gasteiger partial charge in [-0.25, -0.2) is 9.13 Å². The van der Waals surface area contributed by atoms with Gasteiger partial charge in [0.15, 0.2) is 12.2 Å². The minimum absolute atomic E-state index is 0.106. The molecule has 504 valence electrons. The summed E-state index contributed by atoms with van der Waals surface area (Å²) in [7, 11) is -9.89. The van der Waals surface area contributed by atoms with Crippen LogP contribution in [-0.2, 0) is 65.4 Å². The number of aliphatic hydroxyl groups excluding tert-OH is 1. The molecule has 0 amide bonds. The fourth-order valence-corrected chi connectivity index (χ4v) is 11.4. The van der Waals surface area contributed by atoms with Crippen LogP contribution in [0.3, 0.4) is 0 Å². The zero-order valence-corrected chi connectivity index (χ0v) is 56.7. The predicted octanol–water partition coefficient (Wildman–Crippen LogP) is 18.4. The van der Waals surface area contributed by atoms with E-state index in [-0.39, 0.29) is 25.7 Å². The van der Waals surface area contributed by atoms with Gasteiger partial charge < -0.3 is 33.8 Å². The second-order valence-corrected chi connectivity index (χ2v) is 27.2. The first-order valence-electron chi connectivity index (χ1n) is 34.6. The smallest absolute Gasteiger partial charge is 0.462 e. The van der Waals surface area contributed by atoms with E-state index < -0.39 is 97.5 Å². The Balaban J connectivity index is 5.25. The number of carbonyl (C=O) groups is 4. The van der Waals surface area contributed by atoms with Gasteiger partial charge in [-0.3, -0.25) is 37.3 Å². The Labute approximate surface area is 517 Å². The van der Waals surface area contributed by atoms with Crippen LogP contribution in [0.1, 0.15) is 330 Å². The van der Waals surface area contributed by atoms with Crippen molar-refractivity contribution in [2.45, 2.75) is 349 Å². The number of aliphatic hydroxyl groups is 1. The van der Waals surface area contributed by atoms with E-state index in [1.807, 2.05) is 0 Å². The summed E-state index contributed by atoms with van der Waals surface area (Å²) in [6.45, 7) is 9.52. The number of esters is 4. The summed E-state index contributed by atoms with van der Waals surface area (Å²) in [5.41, 5.74) is 0. The predicted molar refractivity (Wildman–Crippen MR) is 340 cm³/mol. The molecule has 0 fully saturated rings. The fraction of sp³-hybridized carbons (Fsp3) is 0.939. The largest absolute Gasteiger partial charge is 0.472 e. The third-order valence-electron chi connectivity index (χ3n) is 15.9. The third-order valence-corrected chi connectivity index (χ3v) is 17.8. The first-order valence-corrected chi connectivity index (χ1v) is 37.6. The molecule has 3 N–H and O–H groups in total. The van der Waals surface area contributed by atoms with E-state index in [1.54, 1.807) is 0 Å². The van der Waals surface area contributed by atoms with E-state index in [0.29, 0.717) is 25.7 Å². The Kier molecular flexibility index (Phi) is 57.1. The lowest BCUT2D eigenvalue weighted by atomic mass is 9.99. The van der Waals surface area contributed by atoms with Crippen molar-refractivity contribution in [1.29, 1.82) is 0 Å². The van der Waals surface area contributed by atoms with Crippen molar-refractivity contribution in [2.75, 3.05) is 39.6 Å². The van der Waals surface area contributed by atoms with Gasteiger partial charge in [0.25, 0.3) is 0 Å². The van der Waals surface area contributed by atoms with Gasteiger partial charge in [0, 0.05) is 25.7 Å². The van der Waals surface area contributed by atoms with Gasteiger partial charge in [-0.1, -0.05) is 279 Å². The standard InChI is InChI=1S/C66H128O17P2/c1-7-11-13-15-17-19-24-32-38-44-50-65(70)82-61(54-76-63(68)48-42-36-30-22-18-16-14-12-8-2)56-80-84(72,73)78-52-60(67)53-79-85(74,75)81-57-62(55-77-64(69)49-43-37-31-27-26-29-35-41-47-59(6)10-4)83-66(71)51-45-39-33-25-21-20-23-28-34-40-46-58(5)9-3/h58-62,67H,7-57H2,1-6H3,(H,72,73)(H,74,75)/t58?,59?,60-,61+,62+/m0/s1. The molecular formula is C66H128O17P2. The molecule has 17 nitrogen and oxygen atoms in total. The molecular weight excluding hydrogens is 1130 g/mol. The van der Waals surface area contributed by atoms with Crippen LogP contribution >= 0.6 is 15.6 Å². The average Bonchev–Trinajstić information content (AvgIpc) is 3.63. The summed E-state index contributed by atoms with van der Waals surface area (Å²) in [6.07, 6.45) is 41.5. The third kappa shape index (κ3) is 58.2. The molecule has 4 unspecified atom stereocenters. The van der Waals surface area contributed by atoms with Crippen LogP contribution in [0, 0.1) is 11.8 Å². The van der Waals surface area contributed by atoms with Crippen LogP contribution < -0.4 is 0 Å². The minimum Gasteiger partial charge on any atom is -0.462 e. The molecule has 0 spiro atoms. The fourth-order valence-electron chi connectivity index (χ4n) is 9.82. The van der Waals surface area contributed by atoms with Gasteiger partial charge in [-0.15, -0.1) is 0 Å². The van der Waals surface area contributed by atoms with E-state index in [1.165, 1.54) is 148 Å². The maximum atomic E-state index is 13.0. The molecule has 7 atom stereocenters. The SMILES string of the molecule is CCCCCCCCCCCCC(=O)O[C@H](COC(=O)CCCCCCCCCCC)COP(=O)(O)OC[C@H](O)COP(=O)(O)OC[C@@H](COC(=O)CCCCCCCCCCC(C)CC)OC(=O)CCCCCCCCCCCCC(C)CC. The average molecular weight is 1260 g/mol.